The number of fused-ring (bicyclic) bond motifs is 1. The molecule has 1 aliphatic carbocycles. The minimum atomic E-state index is -0.541. The van der Waals surface area contributed by atoms with Crippen molar-refractivity contribution >= 4 is 6.08 Å². The fourth-order valence-corrected chi connectivity index (χ4v) is 1.44. The van der Waals surface area contributed by atoms with Crippen LogP contribution >= 0.6 is 0 Å². The smallest absolute Gasteiger partial charge is 0.123 e. The molecule has 1 aliphatic rings. The van der Waals surface area contributed by atoms with Gasteiger partial charge < -0.3 is 5.11 Å². The summed E-state index contributed by atoms with van der Waals surface area (Å²) >= 11 is 0. The Balaban J connectivity index is 2.56. The van der Waals surface area contributed by atoms with Crippen LogP contribution in [-0.4, -0.2) is 5.11 Å². The van der Waals surface area contributed by atoms with Gasteiger partial charge in [0, 0.05) is 0 Å². The average molecular weight is 164 g/mol. The van der Waals surface area contributed by atoms with Gasteiger partial charge in [-0.2, -0.15) is 0 Å². The molecular formula is C10H9FO. The Kier molecular flexibility index (Phi) is 1.70. The Bertz CT molecular complexity index is 331. The molecular weight excluding hydrogens is 155 g/mol. The highest BCUT2D eigenvalue weighted by Crippen LogP contribution is 2.27. The van der Waals surface area contributed by atoms with Gasteiger partial charge >= 0.3 is 0 Å². The van der Waals surface area contributed by atoms with Gasteiger partial charge in [0.15, 0.2) is 0 Å². The maximum absolute atomic E-state index is 12.7. The third kappa shape index (κ3) is 1.14. The molecule has 2 heteroatoms. The predicted molar refractivity (Wildman–Crippen MR) is 45.0 cm³/mol. The molecule has 0 fully saturated rings. The van der Waals surface area contributed by atoms with E-state index in [9.17, 15) is 9.50 Å². The molecule has 0 aromatic heterocycles. The lowest BCUT2D eigenvalue weighted by atomic mass is 9.95. The molecule has 1 nitrogen and oxygen atoms in total. The number of benzene rings is 1. The first kappa shape index (κ1) is 7.50. The third-order valence-corrected chi connectivity index (χ3v) is 2.06. The number of halogens is 1. The number of aliphatic hydroxyl groups is 1. The highest BCUT2D eigenvalue weighted by Gasteiger charge is 2.13. The molecule has 12 heavy (non-hydrogen) atoms. The minimum Gasteiger partial charge on any atom is -0.388 e. The summed E-state index contributed by atoms with van der Waals surface area (Å²) in [6.07, 6.45) is 3.84. The van der Waals surface area contributed by atoms with Gasteiger partial charge in [-0.1, -0.05) is 18.2 Å². The van der Waals surface area contributed by atoms with Crippen molar-refractivity contribution in [2.75, 3.05) is 0 Å². The van der Waals surface area contributed by atoms with E-state index in [2.05, 4.69) is 0 Å². The topological polar surface area (TPSA) is 20.2 Å². The quantitative estimate of drug-likeness (QED) is 0.623. The van der Waals surface area contributed by atoms with Gasteiger partial charge in [-0.05, 0) is 29.7 Å². The maximum Gasteiger partial charge on any atom is 0.123 e. The Morgan fingerprint density at radius 2 is 2.25 bits per heavy atom. The van der Waals surface area contributed by atoms with Crippen molar-refractivity contribution in [2.45, 2.75) is 12.5 Å². The number of aliphatic hydroxyl groups excluding tert-OH is 1. The zero-order chi connectivity index (χ0) is 8.55. The largest absolute Gasteiger partial charge is 0.388 e. The number of hydrogen-bond donors (Lipinski definition) is 1. The van der Waals surface area contributed by atoms with Crippen molar-refractivity contribution in [1.82, 2.24) is 0 Å². The zero-order valence-electron chi connectivity index (χ0n) is 6.50. The SMILES string of the molecule is OC1CC=Cc2ccc(F)cc21. The van der Waals surface area contributed by atoms with E-state index in [4.69, 9.17) is 0 Å². The van der Waals surface area contributed by atoms with E-state index in [1.807, 2.05) is 12.2 Å². The number of hydrogen-bond acceptors (Lipinski definition) is 1. The second kappa shape index (κ2) is 2.72. The van der Waals surface area contributed by atoms with Crippen LogP contribution in [-0.2, 0) is 0 Å². The van der Waals surface area contributed by atoms with Crippen LogP contribution in [0.15, 0.2) is 24.3 Å². The molecule has 0 saturated carbocycles. The minimum absolute atomic E-state index is 0.289. The lowest BCUT2D eigenvalue weighted by Gasteiger charge is -2.15. The van der Waals surface area contributed by atoms with Crippen LogP contribution in [0.1, 0.15) is 23.7 Å². The average Bonchev–Trinajstić information content (AvgIpc) is 2.07. The van der Waals surface area contributed by atoms with Gasteiger partial charge in [-0.3, -0.25) is 0 Å². The summed E-state index contributed by atoms with van der Waals surface area (Å²) in [5.74, 6) is -0.289. The van der Waals surface area contributed by atoms with E-state index >= 15 is 0 Å². The van der Waals surface area contributed by atoms with Gasteiger partial charge in [0.1, 0.15) is 5.82 Å². The normalized spacial score (nSPS) is 20.7. The lowest BCUT2D eigenvalue weighted by molar-refractivity contribution is 0.179. The van der Waals surface area contributed by atoms with Gasteiger partial charge in [-0.15, -0.1) is 0 Å². The fourth-order valence-electron chi connectivity index (χ4n) is 1.44. The summed E-state index contributed by atoms with van der Waals surface area (Å²) in [5.41, 5.74) is 1.60. The predicted octanol–water partition coefficient (Wildman–Crippen LogP) is 2.28. The van der Waals surface area contributed by atoms with E-state index in [1.165, 1.54) is 12.1 Å². The molecule has 2 rings (SSSR count). The summed E-state index contributed by atoms with van der Waals surface area (Å²) in [4.78, 5) is 0. The van der Waals surface area contributed by atoms with Crippen molar-refractivity contribution in [3.05, 3.63) is 41.2 Å². The number of rotatable bonds is 0. The fraction of sp³-hybridized carbons (Fsp3) is 0.200. The summed E-state index contributed by atoms with van der Waals surface area (Å²) in [7, 11) is 0. The first-order valence-corrected chi connectivity index (χ1v) is 3.91. The van der Waals surface area contributed by atoms with Crippen molar-refractivity contribution in [3.8, 4) is 0 Å². The zero-order valence-corrected chi connectivity index (χ0v) is 6.50. The molecule has 0 heterocycles. The van der Waals surface area contributed by atoms with Crippen LogP contribution in [0.4, 0.5) is 4.39 Å². The van der Waals surface area contributed by atoms with E-state index in [-0.39, 0.29) is 5.82 Å². The first-order valence-electron chi connectivity index (χ1n) is 3.91. The van der Waals surface area contributed by atoms with Crippen molar-refractivity contribution in [2.24, 2.45) is 0 Å². The molecule has 1 aromatic rings. The van der Waals surface area contributed by atoms with E-state index < -0.39 is 6.10 Å². The summed E-state index contributed by atoms with van der Waals surface area (Å²) in [6, 6.07) is 4.48. The maximum atomic E-state index is 12.7. The Morgan fingerprint density at radius 1 is 1.42 bits per heavy atom. The van der Waals surface area contributed by atoms with E-state index in [0.29, 0.717) is 12.0 Å². The van der Waals surface area contributed by atoms with Crippen molar-refractivity contribution < 1.29 is 9.50 Å². The lowest BCUT2D eigenvalue weighted by Crippen LogP contribution is -2.02. The summed E-state index contributed by atoms with van der Waals surface area (Å²) in [5, 5.41) is 9.47. The molecule has 0 spiro atoms. The van der Waals surface area contributed by atoms with E-state index in [1.54, 1.807) is 6.07 Å². The standard InChI is InChI=1S/C10H9FO/c11-8-5-4-7-2-1-3-10(12)9(7)6-8/h1-2,4-6,10,12H,3H2. The Morgan fingerprint density at radius 3 is 3.08 bits per heavy atom. The van der Waals surface area contributed by atoms with Crippen LogP contribution in [0.2, 0.25) is 0 Å². The molecule has 0 saturated heterocycles. The summed E-state index contributed by atoms with van der Waals surface area (Å²) < 4.78 is 12.7. The van der Waals surface area contributed by atoms with Gasteiger partial charge in [0.25, 0.3) is 0 Å². The molecule has 0 radical (unpaired) electrons. The summed E-state index contributed by atoms with van der Waals surface area (Å²) in [6.45, 7) is 0. The second-order valence-corrected chi connectivity index (χ2v) is 2.93. The Labute approximate surface area is 70.2 Å². The molecule has 1 N–H and O–H groups in total. The molecule has 1 aromatic carbocycles. The third-order valence-electron chi connectivity index (χ3n) is 2.06. The molecule has 1 atom stereocenters. The van der Waals surface area contributed by atoms with Gasteiger partial charge in [0.05, 0.1) is 6.10 Å². The first-order chi connectivity index (χ1) is 5.77. The second-order valence-electron chi connectivity index (χ2n) is 2.93. The van der Waals surface area contributed by atoms with Crippen LogP contribution in [0.5, 0.6) is 0 Å². The monoisotopic (exact) mass is 164 g/mol. The van der Waals surface area contributed by atoms with Crippen LogP contribution in [0.25, 0.3) is 6.08 Å². The molecule has 0 aliphatic heterocycles. The van der Waals surface area contributed by atoms with Gasteiger partial charge in [-0.25, -0.2) is 4.39 Å². The molecule has 1 unspecified atom stereocenters. The van der Waals surface area contributed by atoms with Crippen molar-refractivity contribution in [1.29, 1.82) is 0 Å². The molecule has 0 amide bonds. The molecule has 0 bridgehead atoms. The van der Waals surface area contributed by atoms with Gasteiger partial charge in [0.2, 0.25) is 0 Å². The van der Waals surface area contributed by atoms with Crippen molar-refractivity contribution in [3.63, 3.8) is 0 Å². The highest BCUT2D eigenvalue weighted by molar-refractivity contribution is 5.57. The van der Waals surface area contributed by atoms with E-state index in [0.717, 1.165) is 5.56 Å². The van der Waals surface area contributed by atoms with Crippen LogP contribution in [0.3, 0.4) is 0 Å². The van der Waals surface area contributed by atoms with Crippen LogP contribution in [0, 0.1) is 5.82 Å². The highest BCUT2D eigenvalue weighted by atomic mass is 19.1. The van der Waals surface area contributed by atoms with Crippen LogP contribution < -0.4 is 0 Å². The Hall–Kier alpha value is -1.15. The molecule has 62 valence electrons.